The Kier molecular flexibility index (Phi) is 3.91. The van der Waals surface area contributed by atoms with E-state index in [1.807, 2.05) is 6.21 Å². The van der Waals surface area contributed by atoms with Crippen LogP contribution in [0.25, 0.3) is 0 Å². The summed E-state index contributed by atoms with van der Waals surface area (Å²) < 4.78 is 0. The van der Waals surface area contributed by atoms with Crippen molar-refractivity contribution in [2.75, 3.05) is 6.54 Å². The molecule has 0 amide bonds. The predicted octanol–water partition coefficient (Wildman–Crippen LogP) is 1.73. The molecule has 1 aliphatic rings. The van der Waals surface area contributed by atoms with Gasteiger partial charge in [0.05, 0.1) is 0 Å². The monoisotopic (exact) mass is 152 g/mol. The highest BCUT2D eigenvalue weighted by Gasteiger charge is 2.04. The summed E-state index contributed by atoms with van der Waals surface area (Å²) in [6.45, 7) is 3.13. The highest BCUT2D eigenvalue weighted by Crippen LogP contribution is 1.99. The van der Waals surface area contributed by atoms with Gasteiger partial charge in [-0.25, -0.2) is 0 Å². The van der Waals surface area contributed by atoms with Crippen molar-refractivity contribution in [1.29, 1.82) is 0 Å². The molecule has 1 atom stereocenters. The van der Waals surface area contributed by atoms with Gasteiger partial charge in [-0.15, -0.1) is 0 Å². The lowest BCUT2D eigenvalue weighted by Gasteiger charge is -2.02. The summed E-state index contributed by atoms with van der Waals surface area (Å²) in [4.78, 5) is 4.25. The van der Waals surface area contributed by atoms with Gasteiger partial charge in [-0.05, 0) is 6.42 Å². The van der Waals surface area contributed by atoms with E-state index < -0.39 is 0 Å². The zero-order valence-corrected chi connectivity index (χ0v) is 7.09. The van der Waals surface area contributed by atoms with Crippen LogP contribution in [0, 0.1) is 0 Å². The second kappa shape index (κ2) is 5.08. The Morgan fingerprint density at radius 2 is 2.55 bits per heavy atom. The average Bonchev–Trinajstić information content (AvgIpc) is 2.50. The minimum Gasteiger partial charge on any atom is -0.290 e. The smallest absolute Gasteiger partial charge is 0.103 e. The van der Waals surface area contributed by atoms with E-state index in [9.17, 15) is 0 Å². The van der Waals surface area contributed by atoms with Crippen molar-refractivity contribution in [3.8, 4) is 0 Å². The summed E-state index contributed by atoms with van der Waals surface area (Å²) in [5.41, 5.74) is 0. The van der Waals surface area contributed by atoms with Crippen molar-refractivity contribution in [2.45, 2.75) is 32.4 Å². The molecule has 0 aromatic carbocycles. The van der Waals surface area contributed by atoms with Gasteiger partial charge in [0, 0.05) is 19.2 Å². The first-order chi connectivity index (χ1) is 5.43. The topological polar surface area (TPSA) is 24.4 Å². The average molecular weight is 152 g/mol. The summed E-state index contributed by atoms with van der Waals surface area (Å²) in [5.74, 6) is 0. The van der Waals surface area contributed by atoms with Crippen LogP contribution < -0.4 is 5.32 Å². The third-order valence-electron chi connectivity index (χ3n) is 1.71. The van der Waals surface area contributed by atoms with Gasteiger partial charge in [0.15, 0.2) is 0 Å². The van der Waals surface area contributed by atoms with Gasteiger partial charge in [-0.1, -0.05) is 25.5 Å². The number of unbranched alkanes of at least 4 members (excludes halogenated alkanes) is 1. The van der Waals surface area contributed by atoms with E-state index in [0.29, 0.717) is 6.17 Å². The fraction of sp³-hybridized carbons (Fsp3) is 0.667. The molecule has 1 N–H and O–H groups in total. The minimum absolute atomic E-state index is 0.350. The summed E-state index contributed by atoms with van der Waals surface area (Å²) in [6, 6.07) is 0. The van der Waals surface area contributed by atoms with Crippen LogP contribution in [0.15, 0.2) is 17.1 Å². The molecule has 0 aromatic heterocycles. The van der Waals surface area contributed by atoms with E-state index >= 15 is 0 Å². The molecule has 1 heterocycles. The number of allylic oxidation sites excluding steroid dienone is 1. The van der Waals surface area contributed by atoms with Gasteiger partial charge in [-0.3, -0.25) is 10.3 Å². The Labute approximate surface area is 68.4 Å². The largest absolute Gasteiger partial charge is 0.290 e. The SMILES string of the molecule is CCC/C=C/CC1N=CCN1. The van der Waals surface area contributed by atoms with Gasteiger partial charge in [0.1, 0.15) is 6.17 Å². The van der Waals surface area contributed by atoms with Crippen molar-refractivity contribution < 1.29 is 0 Å². The molecule has 1 unspecified atom stereocenters. The predicted molar refractivity (Wildman–Crippen MR) is 48.9 cm³/mol. The van der Waals surface area contributed by atoms with Crippen molar-refractivity contribution in [3.05, 3.63) is 12.2 Å². The molecule has 0 fully saturated rings. The van der Waals surface area contributed by atoms with E-state index in [0.717, 1.165) is 13.0 Å². The highest BCUT2D eigenvalue weighted by atomic mass is 15.1. The van der Waals surface area contributed by atoms with E-state index in [2.05, 4.69) is 29.4 Å². The lowest BCUT2D eigenvalue weighted by Crippen LogP contribution is -2.20. The van der Waals surface area contributed by atoms with Gasteiger partial charge in [0.2, 0.25) is 0 Å². The normalized spacial score (nSPS) is 23.5. The molecule has 2 nitrogen and oxygen atoms in total. The molecular formula is C9H16N2. The van der Waals surface area contributed by atoms with Gasteiger partial charge < -0.3 is 0 Å². The quantitative estimate of drug-likeness (QED) is 0.609. The Balaban J connectivity index is 2.06. The molecule has 62 valence electrons. The van der Waals surface area contributed by atoms with Gasteiger partial charge in [-0.2, -0.15) is 0 Å². The van der Waals surface area contributed by atoms with Crippen molar-refractivity contribution in [2.24, 2.45) is 4.99 Å². The number of aliphatic imine (C=N–C) groups is 1. The summed E-state index contributed by atoms with van der Waals surface area (Å²) in [5, 5.41) is 3.26. The highest BCUT2D eigenvalue weighted by molar-refractivity contribution is 5.61. The standard InChI is InChI=1S/C9H16N2/c1-2-3-4-5-6-9-10-7-8-11-9/h4-5,7,9,11H,2-3,6,8H2,1H3/b5-4+. The number of nitrogens with zero attached hydrogens (tertiary/aromatic N) is 1. The third kappa shape index (κ3) is 3.33. The van der Waals surface area contributed by atoms with Crippen LogP contribution in [-0.4, -0.2) is 18.9 Å². The molecular weight excluding hydrogens is 136 g/mol. The lowest BCUT2D eigenvalue weighted by atomic mass is 10.2. The van der Waals surface area contributed by atoms with Crippen LogP contribution in [0.4, 0.5) is 0 Å². The molecule has 1 rings (SSSR count). The maximum Gasteiger partial charge on any atom is 0.103 e. The fourth-order valence-electron chi connectivity index (χ4n) is 1.08. The number of rotatable bonds is 4. The van der Waals surface area contributed by atoms with E-state index in [1.54, 1.807) is 0 Å². The molecule has 0 saturated heterocycles. The van der Waals surface area contributed by atoms with E-state index in [1.165, 1.54) is 12.8 Å². The first-order valence-corrected chi connectivity index (χ1v) is 4.33. The molecule has 0 saturated carbocycles. The molecule has 0 spiro atoms. The molecule has 2 heteroatoms. The van der Waals surface area contributed by atoms with E-state index in [-0.39, 0.29) is 0 Å². The molecule has 1 aliphatic heterocycles. The van der Waals surface area contributed by atoms with Crippen LogP contribution >= 0.6 is 0 Å². The Morgan fingerprint density at radius 1 is 1.64 bits per heavy atom. The Morgan fingerprint density at radius 3 is 3.18 bits per heavy atom. The lowest BCUT2D eigenvalue weighted by molar-refractivity contribution is 0.611. The summed E-state index contributed by atoms with van der Waals surface area (Å²) >= 11 is 0. The first kappa shape index (κ1) is 8.47. The first-order valence-electron chi connectivity index (χ1n) is 4.33. The number of hydrogen-bond acceptors (Lipinski definition) is 2. The van der Waals surface area contributed by atoms with Gasteiger partial charge >= 0.3 is 0 Å². The maximum absolute atomic E-state index is 4.25. The Hall–Kier alpha value is -0.630. The van der Waals surface area contributed by atoms with Crippen LogP contribution in [-0.2, 0) is 0 Å². The molecule has 0 bridgehead atoms. The zero-order chi connectivity index (χ0) is 7.94. The molecule has 0 aliphatic carbocycles. The number of hydrogen-bond donors (Lipinski definition) is 1. The van der Waals surface area contributed by atoms with Crippen LogP contribution in [0.2, 0.25) is 0 Å². The zero-order valence-electron chi connectivity index (χ0n) is 7.09. The van der Waals surface area contributed by atoms with Crippen LogP contribution in [0.1, 0.15) is 26.2 Å². The van der Waals surface area contributed by atoms with Crippen molar-refractivity contribution >= 4 is 6.21 Å². The molecule has 11 heavy (non-hydrogen) atoms. The maximum atomic E-state index is 4.25. The third-order valence-corrected chi connectivity index (χ3v) is 1.71. The summed E-state index contributed by atoms with van der Waals surface area (Å²) in [7, 11) is 0. The molecule has 0 radical (unpaired) electrons. The van der Waals surface area contributed by atoms with Crippen LogP contribution in [0.5, 0.6) is 0 Å². The second-order valence-corrected chi connectivity index (χ2v) is 2.75. The van der Waals surface area contributed by atoms with Gasteiger partial charge in [0.25, 0.3) is 0 Å². The van der Waals surface area contributed by atoms with Crippen LogP contribution in [0.3, 0.4) is 0 Å². The molecule has 0 aromatic rings. The fourth-order valence-corrected chi connectivity index (χ4v) is 1.08. The van der Waals surface area contributed by atoms with Crippen molar-refractivity contribution in [1.82, 2.24) is 5.32 Å². The van der Waals surface area contributed by atoms with Crippen molar-refractivity contribution in [3.63, 3.8) is 0 Å². The number of nitrogens with one attached hydrogen (secondary N) is 1. The summed E-state index contributed by atoms with van der Waals surface area (Å²) in [6.07, 6.45) is 10.2. The Bertz CT molecular complexity index is 150. The van der Waals surface area contributed by atoms with E-state index in [4.69, 9.17) is 0 Å². The minimum atomic E-state index is 0.350. The second-order valence-electron chi connectivity index (χ2n) is 2.75.